The normalized spacial score (nSPS) is 23.4. The average Bonchev–Trinajstić information content (AvgIpc) is 2.27. The lowest BCUT2D eigenvalue weighted by Crippen LogP contribution is -2.40. The molecule has 2 rings (SSSR count). The second kappa shape index (κ2) is 4.69. The Bertz CT molecular complexity index is 398. The Balaban J connectivity index is 2.19. The summed E-state index contributed by atoms with van der Waals surface area (Å²) in [5.41, 5.74) is 3.06. The Morgan fingerprint density at radius 2 is 2.12 bits per heavy atom. The summed E-state index contributed by atoms with van der Waals surface area (Å²) in [7, 11) is 1.73. The highest BCUT2D eigenvalue weighted by Gasteiger charge is 2.28. The topological polar surface area (TPSA) is 21.3 Å². The lowest BCUT2D eigenvalue weighted by atomic mass is 9.77. The van der Waals surface area contributed by atoms with E-state index in [4.69, 9.17) is 4.74 Å². The van der Waals surface area contributed by atoms with Crippen molar-refractivity contribution in [1.29, 1.82) is 0 Å². The zero-order valence-electron chi connectivity index (χ0n) is 11.3. The molecule has 0 aromatic heterocycles. The molecule has 94 valence electrons. The van der Waals surface area contributed by atoms with Gasteiger partial charge in [-0.25, -0.2) is 0 Å². The minimum absolute atomic E-state index is 0.400. The molecule has 0 amide bonds. The molecule has 17 heavy (non-hydrogen) atoms. The van der Waals surface area contributed by atoms with Crippen molar-refractivity contribution in [2.24, 2.45) is 5.41 Å². The number of aryl methyl sites for hydroxylation is 1. The fraction of sp³-hybridized carbons (Fsp3) is 0.600. The summed E-state index contributed by atoms with van der Waals surface area (Å²) in [6.45, 7) is 9.00. The van der Waals surface area contributed by atoms with Crippen molar-refractivity contribution in [1.82, 2.24) is 5.32 Å². The van der Waals surface area contributed by atoms with Crippen molar-refractivity contribution >= 4 is 0 Å². The van der Waals surface area contributed by atoms with Crippen LogP contribution < -0.4 is 10.1 Å². The Kier molecular flexibility index (Phi) is 3.43. The maximum Gasteiger partial charge on any atom is 0.121 e. The summed E-state index contributed by atoms with van der Waals surface area (Å²) in [6, 6.07) is 6.57. The van der Waals surface area contributed by atoms with Crippen LogP contribution in [-0.2, 0) is 0 Å². The number of nitrogens with one attached hydrogen (secondary N) is 1. The molecule has 2 heteroatoms. The second-order valence-electron chi connectivity index (χ2n) is 5.93. The molecule has 1 aliphatic rings. The highest BCUT2D eigenvalue weighted by atomic mass is 16.5. The SMILES string of the molecule is COc1ccc(C2CNCC(C)(C)C2)cc1C. The molecule has 0 radical (unpaired) electrons. The average molecular weight is 233 g/mol. The molecule has 0 bridgehead atoms. The van der Waals surface area contributed by atoms with Crippen molar-refractivity contribution < 1.29 is 4.74 Å². The van der Waals surface area contributed by atoms with E-state index in [1.165, 1.54) is 17.5 Å². The quantitative estimate of drug-likeness (QED) is 0.847. The van der Waals surface area contributed by atoms with E-state index in [9.17, 15) is 0 Å². The van der Waals surface area contributed by atoms with E-state index in [0.717, 1.165) is 18.8 Å². The van der Waals surface area contributed by atoms with Crippen LogP contribution in [0.3, 0.4) is 0 Å². The summed E-state index contributed by atoms with van der Waals surface area (Å²) in [5, 5.41) is 3.54. The van der Waals surface area contributed by atoms with Gasteiger partial charge in [-0.05, 0) is 41.9 Å². The third-order valence-electron chi connectivity index (χ3n) is 3.68. The van der Waals surface area contributed by atoms with Crippen LogP contribution in [0.4, 0.5) is 0 Å². The first-order valence-corrected chi connectivity index (χ1v) is 6.37. The largest absolute Gasteiger partial charge is 0.496 e. The van der Waals surface area contributed by atoms with Crippen LogP contribution in [0.2, 0.25) is 0 Å². The first-order valence-electron chi connectivity index (χ1n) is 6.37. The Labute approximate surface area is 104 Å². The van der Waals surface area contributed by atoms with Crippen LogP contribution in [0, 0.1) is 12.3 Å². The first kappa shape index (κ1) is 12.4. The molecule has 1 fully saturated rings. The Hall–Kier alpha value is -1.02. The maximum atomic E-state index is 5.31. The zero-order chi connectivity index (χ0) is 12.5. The summed E-state index contributed by atoms with van der Waals surface area (Å²) in [5.74, 6) is 1.61. The molecule has 1 aromatic carbocycles. The number of rotatable bonds is 2. The van der Waals surface area contributed by atoms with E-state index >= 15 is 0 Å². The molecular weight excluding hydrogens is 210 g/mol. The van der Waals surface area contributed by atoms with Gasteiger partial charge in [-0.2, -0.15) is 0 Å². The molecular formula is C15H23NO. The fourth-order valence-corrected chi connectivity index (χ4v) is 2.79. The van der Waals surface area contributed by atoms with Crippen molar-refractivity contribution in [3.8, 4) is 5.75 Å². The molecule has 1 N–H and O–H groups in total. The molecule has 1 atom stereocenters. The van der Waals surface area contributed by atoms with Crippen molar-refractivity contribution in [3.05, 3.63) is 29.3 Å². The van der Waals surface area contributed by atoms with Crippen LogP contribution in [0.15, 0.2) is 18.2 Å². The predicted molar refractivity (Wildman–Crippen MR) is 71.7 cm³/mol. The number of piperidine rings is 1. The van der Waals surface area contributed by atoms with E-state index in [1.54, 1.807) is 7.11 Å². The van der Waals surface area contributed by atoms with Crippen LogP contribution >= 0.6 is 0 Å². The van der Waals surface area contributed by atoms with Gasteiger partial charge in [-0.1, -0.05) is 26.0 Å². The number of methoxy groups -OCH3 is 1. The Morgan fingerprint density at radius 3 is 2.71 bits per heavy atom. The van der Waals surface area contributed by atoms with Gasteiger partial charge >= 0.3 is 0 Å². The summed E-state index contributed by atoms with van der Waals surface area (Å²) in [4.78, 5) is 0. The highest BCUT2D eigenvalue weighted by molar-refractivity contribution is 5.38. The summed E-state index contributed by atoms with van der Waals surface area (Å²) >= 11 is 0. The van der Waals surface area contributed by atoms with Gasteiger partial charge in [0.15, 0.2) is 0 Å². The molecule has 1 aliphatic heterocycles. The molecule has 0 saturated carbocycles. The van der Waals surface area contributed by atoms with Gasteiger partial charge < -0.3 is 10.1 Å². The minimum atomic E-state index is 0.400. The smallest absolute Gasteiger partial charge is 0.121 e. The Morgan fingerprint density at radius 1 is 1.35 bits per heavy atom. The molecule has 1 aromatic rings. The van der Waals surface area contributed by atoms with Gasteiger partial charge in [-0.3, -0.25) is 0 Å². The second-order valence-corrected chi connectivity index (χ2v) is 5.93. The minimum Gasteiger partial charge on any atom is -0.496 e. The van der Waals surface area contributed by atoms with Gasteiger partial charge in [0, 0.05) is 13.1 Å². The van der Waals surface area contributed by atoms with E-state index in [2.05, 4.69) is 44.3 Å². The number of benzene rings is 1. The van der Waals surface area contributed by atoms with E-state index in [0.29, 0.717) is 11.3 Å². The van der Waals surface area contributed by atoms with Crippen molar-refractivity contribution in [2.45, 2.75) is 33.1 Å². The monoisotopic (exact) mass is 233 g/mol. The van der Waals surface area contributed by atoms with Gasteiger partial charge in [-0.15, -0.1) is 0 Å². The van der Waals surface area contributed by atoms with Crippen molar-refractivity contribution in [2.75, 3.05) is 20.2 Å². The molecule has 0 aliphatic carbocycles. The van der Waals surface area contributed by atoms with E-state index in [1.807, 2.05) is 0 Å². The predicted octanol–water partition coefficient (Wildman–Crippen LogP) is 3.11. The van der Waals surface area contributed by atoms with Crippen LogP contribution in [-0.4, -0.2) is 20.2 Å². The molecule has 1 unspecified atom stereocenters. The summed E-state index contributed by atoms with van der Waals surface area (Å²) < 4.78 is 5.31. The van der Waals surface area contributed by atoms with Gasteiger partial charge in [0.25, 0.3) is 0 Å². The molecule has 2 nitrogen and oxygen atoms in total. The van der Waals surface area contributed by atoms with E-state index < -0.39 is 0 Å². The standard InChI is InChI=1S/C15H23NO/c1-11-7-12(5-6-14(11)17-4)13-8-15(2,3)10-16-9-13/h5-7,13,16H,8-10H2,1-4H3. The number of ether oxygens (including phenoxy) is 1. The van der Waals surface area contributed by atoms with Crippen molar-refractivity contribution in [3.63, 3.8) is 0 Å². The third kappa shape index (κ3) is 2.81. The first-order chi connectivity index (χ1) is 8.02. The third-order valence-corrected chi connectivity index (χ3v) is 3.68. The lowest BCUT2D eigenvalue weighted by molar-refractivity contribution is 0.240. The fourth-order valence-electron chi connectivity index (χ4n) is 2.79. The lowest BCUT2D eigenvalue weighted by Gasteiger charge is -2.36. The van der Waals surface area contributed by atoms with Gasteiger partial charge in [0.05, 0.1) is 7.11 Å². The van der Waals surface area contributed by atoms with Gasteiger partial charge in [0.2, 0.25) is 0 Å². The zero-order valence-corrected chi connectivity index (χ0v) is 11.3. The maximum absolute atomic E-state index is 5.31. The molecule has 1 saturated heterocycles. The van der Waals surface area contributed by atoms with E-state index in [-0.39, 0.29) is 0 Å². The molecule has 1 heterocycles. The molecule has 0 spiro atoms. The number of hydrogen-bond acceptors (Lipinski definition) is 2. The summed E-state index contributed by atoms with van der Waals surface area (Å²) in [6.07, 6.45) is 1.26. The van der Waals surface area contributed by atoms with Gasteiger partial charge in [0.1, 0.15) is 5.75 Å². The highest BCUT2D eigenvalue weighted by Crippen LogP contribution is 2.35. The van der Waals surface area contributed by atoms with Crippen LogP contribution in [0.1, 0.15) is 37.3 Å². The number of hydrogen-bond donors (Lipinski definition) is 1. The van der Waals surface area contributed by atoms with Crippen LogP contribution in [0.25, 0.3) is 0 Å². The van der Waals surface area contributed by atoms with Crippen LogP contribution in [0.5, 0.6) is 5.75 Å².